The van der Waals surface area contributed by atoms with Gasteiger partial charge in [0.25, 0.3) is 5.56 Å². The van der Waals surface area contributed by atoms with Crippen LogP contribution in [-0.2, 0) is 16.1 Å². The largest absolute Gasteiger partial charge is 0.411 e. The number of alkyl halides is 3. The number of benzene rings is 1. The molecule has 0 aliphatic carbocycles. The third kappa shape index (κ3) is 5.06. The van der Waals surface area contributed by atoms with E-state index in [-0.39, 0.29) is 19.7 Å². The van der Waals surface area contributed by atoms with E-state index in [2.05, 4.69) is 15.2 Å². The molecule has 6 nitrogen and oxygen atoms in total. The first-order chi connectivity index (χ1) is 10.9. The summed E-state index contributed by atoms with van der Waals surface area (Å²) in [6, 6.07) is 6.82. The van der Waals surface area contributed by atoms with E-state index in [0.29, 0.717) is 10.8 Å². The van der Waals surface area contributed by atoms with Gasteiger partial charge in [-0.25, -0.2) is 4.68 Å². The van der Waals surface area contributed by atoms with Crippen molar-refractivity contribution in [2.24, 2.45) is 0 Å². The van der Waals surface area contributed by atoms with Gasteiger partial charge in [0.05, 0.1) is 18.2 Å². The van der Waals surface area contributed by atoms with Crippen LogP contribution in [0.3, 0.4) is 0 Å². The molecule has 0 radical (unpaired) electrons. The van der Waals surface area contributed by atoms with Crippen molar-refractivity contribution in [3.8, 4) is 0 Å². The standard InChI is InChI=1S/C14H14F3N3O3/c15-14(16,17)9-23-6-5-18-12(21)8-20-13(22)11-4-2-1-3-10(11)7-19-20/h1-4,7H,5-6,8-9H2,(H,18,21). The topological polar surface area (TPSA) is 73.2 Å². The van der Waals surface area contributed by atoms with Gasteiger partial charge in [-0.05, 0) is 6.07 Å². The Kier molecular flexibility index (Phi) is 5.32. The van der Waals surface area contributed by atoms with Crippen LogP contribution in [0.4, 0.5) is 13.2 Å². The van der Waals surface area contributed by atoms with Gasteiger partial charge >= 0.3 is 6.18 Å². The molecule has 124 valence electrons. The number of rotatable bonds is 6. The fourth-order valence-electron chi connectivity index (χ4n) is 1.88. The normalized spacial score (nSPS) is 11.6. The predicted molar refractivity (Wildman–Crippen MR) is 75.9 cm³/mol. The van der Waals surface area contributed by atoms with E-state index in [1.165, 1.54) is 6.20 Å². The molecular weight excluding hydrogens is 315 g/mol. The number of hydrogen-bond donors (Lipinski definition) is 1. The van der Waals surface area contributed by atoms with Crippen LogP contribution in [0.1, 0.15) is 0 Å². The van der Waals surface area contributed by atoms with E-state index in [0.717, 1.165) is 4.68 Å². The molecule has 9 heteroatoms. The van der Waals surface area contributed by atoms with Gasteiger partial charge in [0.15, 0.2) is 0 Å². The number of amides is 1. The number of aromatic nitrogens is 2. The molecule has 0 spiro atoms. The molecule has 0 saturated heterocycles. The lowest BCUT2D eigenvalue weighted by Gasteiger charge is -2.09. The molecule has 1 aromatic carbocycles. The summed E-state index contributed by atoms with van der Waals surface area (Å²) in [5, 5.41) is 7.34. The summed E-state index contributed by atoms with van der Waals surface area (Å²) in [7, 11) is 0. The molecule has 0 saturated carbocycles. The Hall–Kier alpha value is -2.42. The number of nitrogens with one attached hydrogen (secondary N) is 1. The minimum atomic E-state index is -4.40. The summed E-state index contributed by atoms with van der Waals surface area (Å²) >= 11 is 0. The molecule has 0 bridgehead atoms. The summed E-state index contributed by atoms with van der Waals surface area (Å²) in [4.78, 5) is 23.8. The minimum Gasteiger partial charge on any atom is -0.370 e. The molecule has 1 aromatic heterocycles. The average molecular weight is 329 g/mol. The van der Waals surface area contributed by atoms with E-state index >= 15 is 0 Å². The number of nitrogens with zero attached hydrogens (tertiary/aromatic N) is 2. The van der Waals surface area contributed by atoms with Crippen LogP contribution in [0.25, 0.3) is 10.8 Å². The third-order valence-electron chi connectivity index (χ3n) is 2.89. The van der Waals surface area contributed by atoms with Gasteiger partial charge < -0.3 is 10.1 Å². The Morgan fingerprint density at radius 2 is 2.04 bits per heavy atom. The molecule has 2 rings (SSSR count). The smallest absolute Gasteiger partial charge is 0.370 e. The summed E-state index contributed by atoms with van der Waals surface area (Å²) in [6.07, 6.45) is -2.93. The molecular formula is C14H14F3N3O3. The molecule has 0 unspecified atom stereocenters. The minimum absolute atomic E-state index is 0.0861. The highest BCUT2D eigenvalue weighted by Gasteiger charge is 2.27. The monoisotopic (exact) mass is 329 g/mol. The second-order valence-corrected chi connectivity index (χ2v) is 4.71. The second kappa shape index (κ2) is 7.23. The number of fused-ring (bicyclic) bond motifs is 1. The van der Waals surface area contributed by atoms with E-state index < -0.39 is 24.2 Å². The summed E-state index contributed by atoms with van der Waals surface area (Å²) < 4.78 is 40.9. The Morgan fingerprint density at radius 1 is 1.30 bits per heavy atom. The Labute approximate surface area is 128 Å². The van der Waals surface area contributed by atoms with Crippen molar-refractivity contribution in [3.05, 3.63) is 40.8 Å². The van der Waals surface area contributed by atoms with Crippen LogP contribution in [0.2, 0.25) is 0 Å². The van der Waals surface area contributed by atoms with E-state index in [9.17, 15) is 22.8 Å². The first-order valence-corrected chi connectivity index (χ1v) is 6.73. The molecule has 0 aliphatic heterocycles. The maximum absolute atomic E-state index is 12.1. The van der Waals surface area contributed by atoms with E-state index in [1.54, 1.807) is 24.3 Å². The average Bonchev–Trinajstić information content (AvgIpc) is 2.49. The van der Waals surface area contributed by atoms with Gasteiger partial charge in [-0.15, -0.1) is 0 Å². The molecule has 0 aliphatic rings. The van der Waals surface area contributed by atoms with Crippen molar-refractivity contribution in [2.75, 3.05) is 19.8 Å². The van der Waals surface area contributed by atoms with Crippen molar-refractivity contribution in [3.63, 3.8) is 0 Å². The molecule has 2 aromatic rings. The first-order valence-electron chi connectivity index (χ1n) is 6.73. The number of hydrogen-bond acceptors (Lipinski definition) is 4. The summed E-state index contributed by atoms with van der Waals surface area (Å²) in [5.41, 5.74) is -0.411. The first kappa shape index (κ1) is 16.9. The lowest BCUT2D eigenvalue weighted by molar-refractivity contribution is -0.173. The summed E-state index contributed by atoms with van der Waals surface area (Å²) in [5.74, 6) is -0.537. The molecule has 0 fully saturated rings. The van der Waals surface area contributed by atoms with Crippen LogP contribution in [-0.4, -0.2) is 41.6 Å². The number of halogens is 3. The van der Waals surface area contributed by atoms with Crippen molar-refractivity contribution in [2.45, 2.75) is 12.7 Å². The lowest BCUT2D eigenvalue weighted by Crippen LogP contribution is -2.35. The fourth-order valence-corrected chi connectivity index (χ4v) is 1.88. The zero-order chi connectivity index (χ0) is 16.9. The van der Waals surface area contributed by atoms with Crippen LogP contribution < -0.4 is 10.9 Å². The van der Waals surface area contributed by atoms with Crippen molar-refractivity contribution >= 4 is 16.7 Å². The predicted octanol–water partition coefficient (Wildman–Crippen LogP) is 1.09. The zero-order valence-electron chi connectivity index (χ0n) is 12.0. The fraction of sp³-hybridized carbons (Fsp3) is 0.357. The zero-order valence-corrected chi connectivity index (χ0v) is 12.0. The number of ether oxygens (including phenoxy) is 1. The summed E-state index contributed by atoms with van der Waals surface area (Å²) in [6.45, 7) is -2.04. The van der Waals surface area contributed by atoms with Gasteiger partial charge in [0.2, 0.25) is 5.91 Å². The highest BCUT2D eigenvalue weighted by atomic mass is 19.4. The highest BCUT2D eigenvalue weighted by Crippen LogP contribution is 2.13. The maximum atomic E-state index is 12.1. The Balaban J connectivity index is 1.86. The lowest BCUT2D eigenvalue weighted by atomic mass is 10.2. The quantitative estimate of drug-likeness (QED) is 0.805. The molecule has 0 atom stereocenters. The molecule has 1 heterocycles. The van der Waals surface area contributed by atoms with E-state index in [1.807, 2.05) is 0 Å². The maximum Gasteiger partial charge on any atom is 0.411 e. The van der Waals surface area contributed by atoms with Gasteiger partial charge in [-0.2, -0.15) is 18.3 Å². The molecule has 1 amide bonds. The van der Waals surface area contributed by atoms with Gasteiger partial charge in [-0.1, -0.05) is 18.2 Å². The third-order valence-corrected chi connectivity index (χ3v) is 2.89. The van der Waals surface area contributed by atoms with Gasteiger partial charge in [0.1, 0.15) is 13.2 Å². The van der Waals surface area contributed by atoms with Crippen LogP contribution in [0.15, 0.2) is 35.3 Å². The van der Waals surface area contributed by atoms with Crippen LogP contribution >= 0.6 is 0 Å². The van der Waals surface area contributed by atoms with Crippen molar-refractivity contribution < 1.29 is 22.7 Å². The van der Waals surface area contributed by atoms with Crippen molar-refractivity contribution in [1.29, 1.82) is 0 Å². The Bertz CT molecular complexity index is 743. The molecule has 23 heavy (non-hydrogen) atoms. The van der Waals surface area contributed by atoms with Crippen molar-refractivity contribution in [1.82, 2.24) is 15.1 Å². The number of carbonyl (C=O) groups is 1. The second-order valence-electron chi connectivity index (χ2n) is 4.71. The van der Waals surface area contributed by atoms with Crippen LogP contribution in [0, 0.1) is 0 Å². The molecule has 1 N–H and O–H groups in total. The van der Waals surface area contributed by atoms with Gasteiger partial charge in [-0.3, -0.25) is 9.59 Å². The Morgan fingerprint density at radius 3 is 2.78 bits per heavy atom. The van der Waals surface area contributed by atoms with E-state index in [4.69, 9.17) is 0 Å². The highest BCUT2D eigenvalue weighted by molar-refractivity contribution is 5.81. The number of carbonyl (C=O) groups excluding carboxylic acids is 1. The SMILES string of the molecule is O=C(Cn1ncc2ccccc2c1=O)NCCOCC(F)(F)F. The van der Waals surface area contributed by atoms with Crippen LogP contribution in [0.5, 0.6) is 0 Å². The van der Waals surface area contributed by atoms with Gasteiger partial charge in [0, 0.05) is 11.9 Å².